The molecule has 0 aliphatic rings. The molecule has 0 fully saturated rings. The predicted octanol–water partition coefficient (Wildman–Crippen LogP) is 10.3. The summed E-state index contributed by atoms with van der Waals surface area (Å²) < 4.78 is 0. The summed E-state index contributed by atoms with van der Waals surface area (Å²) in [5.41, 5.74) is 0.0637. The largest absolute Gasteiger partial charge is 0.179 e. The second kappa shape index (κ2) is 28.1. The van der Waals surface area contributed by atoms with Crippen molar-refractivity contribution in [2.45, 2.75) is 145 Å². The van der Waals surface area contributed by atoms with Crippen LogP contribution in [0.5, 0.6) is 0 Å². The van der Waals surface area contributed by atoms with E-state index in [-0.39, 0.29) is 5.41 Å². The Kier molecular flexibility index (Phi) is 31.0. The van der Waals surface area contributed by atoms with E-state index in [9.17, 15) is 0 Å². The van der Waals surface area contributed by atoms with E-state index in [1.807, 2.05) is 0 Å². The summed E-state index contributed by atoms with van der Waals surface area (Å²) in [4.78, 5) is 0. The lowest BCUT2D eigenvalue weighted by Crippen LogP contribution is -2.34. The van der Waals surface area contributed by atoms with Gasteiger partial charge < -0.3 is 0 Å². The van der Waals surface area contributed by atoms with Crippen molar-refractivity contribution >= 4 is 152 Å². The van der Waals surface area contributed by atoms with Gasteiger partial charge in [-0.3, -0.25) is 0 Å². The minimum absolute atomic E-state index is 0.0637. The van der Waals surface area contributed by atoms with Crippen molar-refractivity contribution in [2.75, 3.05) is 23.0 Å². The highest BCUT2D eigenvalue weighted by Crippen LogP contribution is 2.46. The van der Waals surface area contributed by atoms with Gasteiger partial charge in [0.1, 0.15) is 0 Å². The van der Waals surface area contributed by atoms with Crippen LogP contribution in [0.4, 0.5) is 0 Å². The van der Waals surface area contributed by atoms with E-state index < -0.39 is 0 Å². The van der Waals surface area contributed by atoms with Crippen molar-refractivity contribution in [3.05, 3.63) is 0 Å². The van der Waals surface area contributed by atoms with Gasteiger partial charge in [-0.05, 0) is 131 Å². The van der Waals surface area contributed by atoms with E-state index in [0.29, 0.717) is 42.0 Å². The lowest BCUT2D eigenvalue weighted by Gasteiger charge is -2.42. The lowest BCUT2D eigenvalue weighted by atomic mass is 9.70. The highest BCUT2D eigenvalue weighted by Gasteiger charge is 2.37. The minimum atomic E-state index is 0.0637. The number of thiol groups is 12. The molecule has 41 heavy (non-hydrogen) atoms. The molecule has 12 heteroatoms. The Morgan fingerprint density at radius 3 is 0.610 bits per heavy atom. The summed E-state index contributed by atoms with van der Waals surface area (Å²) in [6.45, 7) is 0. The van der Waals surface area contributed by atoms with Gasteiger partial charge in [0.2, 0.25) is 0 Å². The molecule has 0 N–H and O–H groups in total. The van der Waals surface area contributed by atoms with Crippen molar-refractivity contribution in [2.24, 2.45) is 5.41 Å². The Hall–Kier alpha value is 4.20. The van der Waals surface area contributed by atoms with Gasteiger partial charge in [0.15, 0.2) is 0 Å². The standard InChI is InChI=1S/C29H60S12/c30-13-9-21(34)1-5-25(38)17-29(18-26(39)6-2-22(35)10-14-31,19-27(40)7-3-23(36)11-15-32)20-28(41)8-4-24(37)12-16-33/h21-28,30-41H,1-20H2. The van der Waals surface area contributed by atoms with Crippen LogP contribution in [0, 0.1) is 5.41 Å². The molecule has 0 saturated carbocycles. The third-order valence-corrected chi connectivity index (χ3v) is 12.7. The van der Waals surface area contributed by atoms with Gasteiger partial charge in [0, 0.05) is 42.0 Å². The van der Waals surface area contributed by atoms with Crippen molar-refractivity contribution in [3.63, 3.8) is 0 Å². The molecule has 0 spiro atoms. The lowest BCUT2D eigenvalue weighted by molar-refractivity contribution is 0.185. The minimum Gasteiger partial charge on any atom is -0.179 e. The molecular weight excluding hydrogens is 733 g/mol. The molecule has 8 atom stereocenters. The fraction of sp³-hybridized carbons (Fsp3) is 1.00. The second-order valence-corrected chi connectivity index (χ2v) is 19.5. The van der Waals surface area contributed by atoms with E-state index in [1.165, 1.54) is 0 Å². The summed E-state index contributed by atoms with van der Waals surface area (Å²) in [5.74, 6) is 3.49. The van der Waals surface area contributed by atoms with Crippen LogP contribution >= 0.6 is 152 Å². The average Bonchev–Trinajstić information content (AvgIpc) is 2.89. The van der Waals surface area contributed by atoms with E-state index in [1.54, 1.807) is 0 Å². The summed E-state index contributed by atoms with van der Waals surface area (Å²) in [7, 11) is 0. The molecule has 0 amide bonds. The third-order valence-electron chi connectivity index (χ3n) is 7.86. The zero-order valence-corrected chi connectivity index (χ0v) is 35.4. The first-order valence-corrected chi connectivity index (χ1v) is 21.9. The van der Waals surface area contributed by atoms with Crippen molar-refractivity contribution in [1.82, 2.24) is 0 Å². The Labute approximate surface area is 321 Å². The molecule has 0 heterocycles. The first kappa shape index (κ1) is 45.2. The zero-order valence-electron chi connectivity index (χ0n) is 24.6. The van der Waals surface area contributed by atoms with Gasteiger partial charge in [0.25, 0.3) is 0 Å². The average molecular weight is 794 g/mol. The number of hydrogen-bond donors (Lipinski definition) is 12. The van der Waals surface area contributed by atoms with E-state index >= 15 is 0 Å². The molecule has 0 aromatic heterocycles. The Morgan fingerprint density at radius 1 is 0.268 bits per heavy atom. The maximum atomic E-state index is 5.18. The fourth-order valence-electron chi connectivity index (χ4n) is 5.62. The Morgan fingerprint density at radius 2 is 0.439 bits per heavy atom. The van der Waals surface area contributed by atoms with Gasteiger partial charge >= 0.3 is 0 Å². The Bertz CT molecular complexity index is 497. The summed E-state index contributed by atoms with van der Waals surface area (Å²) in [5, 5.41) is 2.72. The van der Waals surface area contributed by atoms with Gasteiger partial charge in [0.05, 0.1) is 0 Å². The quantitative estimate of drug-likeness (QED) is 0.0342. The predicted molar refractivity (Wildman–Crippen MR) is 234 cm³/mol. The maximum Gasteiger partial charge on any atom is 0.00249 e. The topological polar surface area (TPSA) is 0 Å². The van der Waals surface area contributed by atoms with Crippen LogP contribution in [-0.4, -0.2) is 65.0 Å². The van der Waals surface area contributed by atoms with Gasteiger partial charge in [-0.15, -0.1) is 0 Å². The van der Waals surface area contributed by atoms with Crippen molar-refractivity contribution < 1.29 is 0 Å². The van der Waals surface area contributed by atoms with Crippen LogP contribution in [0.25, 0.3) is 0 Å². The second-order valence-electron chi connectivity index (χ2n) is 11.9. The first-order valence-electron chi connectivity index (χ1n) is 15.3. The third kappa shape index (κ3) is 24.9. The van der Waals surface area contributed by atoms with Crippen LogP contribution < -0.4 is 0 Å². The summed E-state index contributed by atoms with van der Waals surface area (Å²) in [6.07, 6.45) is 16.8. The molecule has 0 rings (SSSR count). The molecule has 0 aromatic carbocycles. The van der Waals surface area contributed by atoms with Crippen molar-refractivity contribution in [1.29, 1.82) is 0 Å². The smallest absolute Gasteiger partial charge is 0.00249 e. The molecular formula is C29H60S12. The van der Waals surface area contributed by atoms with Gasteiger partial charge in [-0.1, -0.05) is 0 Å². The molecule has 0 nitrogen and oxygen atoms in total. The van der Waals surface area contributed by atoms with E-state index in [2.05, 4.69) is 50.5 Å². The number of rotatable bonds is 28. The molecule has 0 aliphatic heterocycles. The highest BCUT2D eigenvalue weighted by molar-refractivity contribution is 7.83. The van der Waals surface area contributed by atoms with E-state index in [0.717, 1.165) is 126 Å². The molecule has 8 unspecified atom stereocenters. The SMILES string of the molecule is SCCC(S)CCC(S)CC(CC(S)CCC(S)CCS)(CC(S)CCC(S)CCS)CC(S)CCC(S)CCS. The molecule has 0 saturated heterocycles. The first-order chi connectivity index (χ1) is 19.4. The van der Waals surface area contributed by atoms with Crippen LogP contribution in [0.15, 0.2) is 0 Å². The summed E-state index contributed by atoms with van der Waals surface area (Å²) >= 11 is 57.5. The van der Waals surface area contributed by atoms with Crippen LogP contribution in [0.3, 0.4) is 0 Å². The monoisotopic (exact) mass is 792 g/mol. The van der Waals surface area contributed by atoms with E-state index in [4.69, 9.17) is 101 Å². The molecule has 248 valence electrons. The van der Waals surface area contributed by atoms with Crippen molar-refractivity contribution in [3.8, 4) is 0 Å². The van der Waals surface area contributed by atoms with Gasteiger partial charge in [-0.2, -0.15) is 152 Å². The zero-order chi connectivity index (χ0) is 31.3. The summed E-state index contributed by atoms with van der Waals surface area (Å²) in [6, 6.07) is 0. The highest BCUT2D eigenvalue weighted by atomic mass is 32.1. The fourth-order valence-corrected chi connectivity index (χ4v) is 10.9. The maximum absolute atomic E-state index is 5.18. The normalized spacial score (nSPS) is 19.6. The van der Waals surface area contributed by atoms with Gasteiger partial charge in [-0.25, -0.2) is 0 Å². The Balaban J connectivity index is 5.89. The molecule has 0 bridgehead atoms. The number of hydrogen-bond acceptors (Lipinski definition) is 12. The molecule has 0 aromatic rings. The molecule has 0 radical (unpaired) electrons. The molecule has 0 aliphatic carbocycles. The van der Waals surface area contributed by atoms with Crippen LogP contribution in [-0.2, 0) is 0 Å². The van der Waals surface area contributed by atoms with Crippen LogP contribution in [0.1, 0.15) is 103 Å². The van der Waals surface area contributed by atoms with Crippen LogP contribution in [0.2, 0.25) is 0 Å².